The summed E-state index contributed by atoms with van der Waals surface area (Å²) in [5, 5.41) is 0. The van der Waals surface area contributed by atoms with Gasteiger partial charge in [0.1, 0.15) is 4.75 Å². The molecule has 0 radical (unpaired) electrons. The molecule has 2 aliphatic rings. The highest BCUT2D eigenvalue weighted by Crippen LogP contribution is 2.45. The van der Waals surface area contributed by atoms with Crippen molar-refractivity contribution in [2.24, 2.45) is 5.92 Å². The van der Waals surface area contributed by atoms with Crippen LogP contribution in [0.2, 0.25) is 0 Å². The lowest BCUT2D eigenvalue weighted by atomic mass is 9.83. The highest BCUT2D eigenvalue weighted by Gasteiger charge is 2.61. The van der Waals surface area contributed by atoms with E-state index >= 15 is 0 Å². The van der Waals surface area contributed by atoms with Gasteiger partial charge in [0, 0.05) is 38.4 Å². The van der Waals surface area contributed by atoms with Gasteiger partial charge in [-0.05, 0) is 25.5 Å². The van der Waals surface area contributed by atoms with Crippen LogP contribution >= 0.6 is 0 Å². The molecule has 1 aromatic rings. The minimum absolute atomic E-state index is 0.141. The van der Waals surface area contributed by atoms with Gasteiger partial charge in [-0.25, -0.2) is 8.42 Å². The third-order valence-electron chi connectivity index (χ3n) is 4.72. The Morgan fingerprint density at radius 1 is 1.43 bits per heavy atom. The van der Waals surface area contributed by atoms with Crippen LogP contribution in [0.15, 0.2) is 24.4 Å². The van der Waals surface area contributed by atoms with Crippen molar-refractivity contribution < 1.29 is 13.2 Å². The summed E-state index contributed by atoms with van der Waals surface area (Å²) in [7, 11) is -3.00. The van der Waals surface area contributed by atoms with E-state index in [1.165, 1.54) is 0 Å². The van der Waals surface area contributed by atoms with Gasteiger partial charge in [0.25, 0.3) is 0 Å². The Bertz CT molecular complexity index is 582. The second kappa shape index (κ2) is 5.66. The molecule has 3 heterocycles. The minimum Gasteiger partial charge on any atom is -0.381 e. The summed E-state index contributed by atoms with van der Waals surface area (Å²) in [6, 6.07) is 5.83. The van der Waals surface area contributed by atoms with Crippen LogP contribution in [0, 0.1) is 5.92 Å². The molecule has 116 valence electrons. The van der Waals surface area contributed by atoms with Crippen molar-refractivity contribution in [2.45, 2.75) is 24.6 Å². The number of likely N-dealkylation sites (tertiary alicyclic amines) is 1. The smallest absolute Gasteiger partial charge is 0.158 e. The summed E-state index contributed by atoms with van der Waals surface area (Å²) in [6.07, 6.45) is 2.51. The molecule has 1 aromatic heterocycles. The fraction of sp³-hybridized carbons (Fsp3) is 0.667. The number of sulfone groups is 1. The van der Waals surface area contributed by atoms with Gasteiger partial charge in [-0.1, -0.05) is 6.07 Å². The third kappa shape index (κ3) is 2.60. The van der Waals surface area contributed by atoms with E-state index in [0.717, 1.165) is 18.7 Å². The molecular weight excluding hydrogens is 288 g/mol. The van der Waals surface area contributed by atoms with Crippen LogP contribution < -0.4 is 0 Å². The fourth-order valence-electron chi connectivity index (χ4n) is 3.51. The molecule has 0 saturated carbocycles. The quantitative estimate of drug-likeness (QED) is 0.815. The Morgan fingerprint density at radius 3 is 2.90 bits per heavy atom. The molecule has 0 amide bonds. The summed E-state index contributed by atoms with van der Waals surface area (Å²) in [5.74, 6) is 0.449. The van der Waals surface area contributed by atoms with Gasteiger partial charge in [-0.3, -0.25) is 9.88 Å². The number of ether oxygens (including phenoxy) is 1. The van der Waals surface area contributed by atoms with Crippen molar-refractivity contribution in [3.8, 4) is 0 Å². The topological polar surface area (TPSA) is 59.5 Å². The average molecular weight is 310 g/mol. The maximum absolute atomic E-state index is 12.4. The molecule has 5 nitrogen and oxygen atoms in total. The van der Waals surface area contributed by atoms with E-state index in [2.05, 4.69) is 9.88 Å². The summed E-state index contributed by atoms with van der Waals surface area (Å²) < 4.78 is 29.8. The predicted molar refractivity (Wildman–Crippen MR) is 80.6 cm³/mol. The average Bonchev–Trinajstić information content (AvgIpc) is 2.69. The van der Waals surface area contributed by atoms with E-state index in [9.17, 15) is 8.42 Å². The van der Waals surface area contributed by atoms with Crippen LogP contribution in [0.4, 0.5) is 0 Å². The Labute approximate surface area is 126 Å². The zero-order valence-corrected chi connectivity index (χ0v) is 13.2. The number of rotatable bonds is 5. The maximum atomic E-state index is 12.4. The lowest BCUT2D eigenvalue weighted by molar-refractivity contribution is 0.0286. The number of nitrogens with zero attached hydrogens (tertiary/aromatic N) is 2. The molecule has 2 fully saturated rings. The van der Waals surface area contributed by atoms with Crippen LogP contribution in [0.1, 0.15) is 19.0 Å². The Balaban J connectivity index is 1.67. The summed E-state index contributed by atoms with van der Waals surface area (Å²) >= 11 is 0. The minimum atomic E-state index is -3.00. The molecule has 2 saturated heterocycles. The van der Waals surface area contributed by atoms with Crippen LogP contribution in [-0.4, -0.2) is 55.1 Å². The zero-order valence-electron chi connectivity index (χ0n) is 12.4. The van der Waals surface area contributed by atoms with E-state index in [1.54, 1.807) is 6.20 Å². The second-order valence-corrected chi connectivity index (χ2v) is 8.45. The SMILES string of the molecule is CCOCC1CCS(=O)(=O)C12CN(Cc1ccccn1)C2. The molecule has 1 atom stereocenters. The molecule has 0 aliphatic carbocycles. The highest BCUT2D eigenvalue weighted by atomic mass is 32.2. The summed E-state index contributed by atoms with van der Waals surface area (Å²) in [4.78, 5) is 6.48. The van der Waals surface area contributed by atoms with Crippen LogP contribution in [0.25, 0.3) is 0 Å². The Morgan fingerprint density at radius 2 is 2.24 bits per heavy atom. The zero-order chi connectivity index (χ0) is 14.9. The number of aromatic nitrogens is 1. The summed E-state index contributed by atoms with van der Waals surface area (Å²) in [6.45, 7) is 5.11. The van der Waals surface area contributed by atoms with Gasteiger partial charge in [-0.15, -0.1) is 0 Å². The van der Waals surface area contributed by atoms with Crippen LogP contribution in [-0.2, 0) is 21.1 Å². The van der Waals surface area contributed by atoms with E-state index in [4.69, 9.17) is 4.74 Å². The third-order valence-corrected chi connectivity index (χ3v) is 7.32. The monoisotopic (exact) mass is 310 g/mol. The van der Waals surface area contributed by atoms with Crippen molar-refractivity contribution in [2.75, 3.05) is 32.1 Å². The van der Waals surface area contributed by atoms with E-state index in [1.807, 2.05) is 25.1 Å². The molecule has 1 unspecified atom stereocenters. The molecule has 3 rings (SSSR count). The van der Waals surface area contributed by atoms with Crippen molar-refractivity contribution in [1.29, 1.82) is 0 Å². The fourth-order valence-corrected chi connectivity index (χ4v) is 5.96. The van der Waals surface area contributed by atoms with Gasteiger partial charge >= 0.3 is 0 Å². The van der Waals surface area contributed by atoms with Crippen molar-refractivity contribution in [1.82, 2.24) is 9.88 Å². The van der Waals surface area contributed by atoms with Gasteiger partial charge in [0.05, 0.1) is 18.1 Å². The summed E-state index contributed by atoms with van der Waals surface area (Å²) in [5.41, 5.74) is 0.990. The maximum Gasteiger partial charge on any atom is 0.158 e. The van der Waals surface area contributed by atoms with Crippen LogP contribution in [0.5, 0.6) is 0 Å². The van der Waals surface area contributed by atoms with Crippen molar-refractivity contribution in [3.05, 3.63) is 30.1 Å². The second-order valence-electron chi connectivity index (χ2n) is 5.99. The van der Waals surface area contributed by atoms with E-state index < -0.39 is 14.6 Å². The van der Waals surface area contributed by atoms with Gasteiger partial charge < -0.3 is 4.74 Å². The first-order valence-electron chi connectivity index (χ1n) is 7.50. The first-order valence-corrected chi connectivity index (χ1v) is 9.15. The molecule has 2 aliphatic heterocycles. The van der Waals surface area contributed by atoms with Gasteiger partial charge in [0.15, 0.2) is 9.84 Å². The lowest BCUT2D eigenvalue weighted by Gasteiger charge is -2.49. The van der Waals surface area contributed by atoms with Gasteiger partial charge in [-0.2, -0.15) is 0 Å². The standard InChI is InChI=1S/C15H22N2O3S/c1-2-20-10-13-6-8-21(18,19)15(13)11-17(12-15)9-14-5-3-4-7-16-14/h3-5,7,13H,2,6,8-12H2,1H3. The molecular formula is C15H22N2O3S. The van der Waals surface area contributed by atoms with Crippen molar-refractivity contribution >= 4 is 9.84 Å². The molecule has 0 N–H and O–H groups in total. The first-order chi connectivity index (χ1) is 10.1. The van der Waals surface area contributed by atoms with Gasteiger partial charge in [0.2, 0.25) is 0 Å². The molecule has 1 spiro atoms. The normalized spacial score (nSPS) is 26.8. The van der Waals surface area contributed by atoms with E-state index in [-0.39, 0.29) is 5.92 Å². The van der Waals surface area contributed by atoms with E-state index in [0.29, 0.717) is 32.1 Å². The van der Waals surface area contributed by atoms with Crippen molar-refractivity contribution in [3.63, 3.8) is 0 Å². The largest absolute Gasteiger partial charge is 0.381 e. The number of hydrogen-bond donors (Lipinski definition) is 0. The number of pyridine rings is 1. The molecule has 0 aromatic carbocycles. The predicted octanol–water partition coefficient (Wildman–Crippen LogP) is 1.11. The number of hydrogen-bond acceptors (Lipinski definition) is 5. The Hall–Kier alpha value is -0.980. The van der Waals surface area contributed by atoms with Crippen LogP contribution in [0.3, 0.4) is 0 Å². The molecule has 0 bridgehead atoms. The first kappa shape index (κ1) is 14.9. The molecule has 6 heteroatoms. The molecule has 21 heavy (non-hydrogen) atoms. The lowest BCUT2D eigenvalue weighted by Crippen LogP contribution is -2.67. The Kier molecular flexibility index (Phi) is 4.03. The highest BCUT2D eigenvalue weighted by molar-refractivity contribution is 7.93.